The smallest absolute Gasteiger partial charge is 0.175 e. The molecule has 3 rings (SSSR count). The molecule has 2 aromatic carbocycles. The Morgan fingerprint density at radius 3 is 2.36 bits per heavy atom. The molecule has 0 heterocycles. The predicted molar refractivity (Wildman–Crippen MR) is 87.5 cm³/mol. The Hall–Kier alpha value is -2.20. The Labute approximate surface area is 129 Å². The Morgan fingerprint density at radius 2 is 1.73 bits per heavy atom. The number of hydrogen-bond acceptors (Lipinski definition) is 2. The molecule has 0 unspecified atom stereocenters. The lowest BCUT2D eigenvalue weighted by molar-refractivity contribution is 0.602. The van der Waals surface area contributed by atoms with Gasteiger partial charge in [-0.15, -0.1) is 0 Å². The molecule has 0 radical (unpaired) electrons. The molecule has 1 aliphatic rings. The van der Waals surface area contributed by atoms with Gasteiger partial charge in [-0.05, 0) is 65.1 Å². The summed E-state index contributed by atoms with van der Waals surface area (Å²) >= 11 is 0. The van der Waals surface area contributed by atoms with Crippen molar-refractivity contribution in [2.75, 3.05) is 6.26 Å². The number of rotatable bonds is 2. The van der Waals surface area contributed by atoms with E-state index in [1.165, 1.54) is 18.4 Å². The summed E-state index contributed by atoms with van der Waals surface area (Å²) in [6, 6.07) is 11.5. The zero-order valence-corrected chi connectivity index (χ0v) is 13.1. The van der Waals surface area contributed by atoms with Crippen molar-refractivity contribution in [3.05, 3.63) is 70.5 Å². The summed E-state index contributed by atoms with van der Waals surface area (Å²) in [6.07, 6.45) is 5.13. The van der Waals surface area contributed by atoms with Crippen molar-refractivity contribution in [2.24, 2.45) is 0 Å². The van der Waals surface area contributed by atoms with Gasteiger partial charge in [0.2, 0.25) is 0 Å². The molecule has 1 aliphatic carbocycles. The highest BCUT2D eigenvalue weighted by Gasteiger charge is 2.16. The van der Waals surface area contributed by atoms with E-state index in [0.29, 0.717) is 4.90 Å². The predicted octanol–water partition coefficient (Wildman–Crippen LogP) is 4.19. The van der Waals surface area contributed by atoms with E-state index in [1.54, 1.807) is 30.3 Å². The van der Waals surface area contributed by atoms with Crippen molar-refractivity contribution >= 4 is 27.6 Å². The second-order valence-electron chi connectivity index (χ2n) is 5.46. The molecule has 2 nitrogen and oxygen atoms in total. The van der Waals surface area contributed by atoms with E-state index >= 15 is 0 Å². The molecular formula is C18H15FO2S. The molecule has 0 saturated carbocycles. The minimum Gasteiger partial charge on any atom is -0.224 e. The van der Waals surface area contributed by atoms with Gasteiger partial charge < -0.3 is 0 Å². The standard InChI is InChI=1S/C18H15FO2S/c1-12-9-14-11-15(19)5-8-17(14)18(12)10-13-3-6-16(7-4-13)22(2,20)21/h3-11H,1-2H3/b18-10+. The van der Waals surface area contributed by atoms with Crippen LogP contribution in [-0.2, 0) is 9.84 Å². The quantitative estimate of drug-likeness (QED) is 0.833. The van der Waals surface area contributed by atoms with Crippen LogP contribution in [0, 0.1) is 5.82 Å². The van der Waals surface area contributed by atoms with E-state index in [0.717, 1.165) is 27.8 Å². The lowest BCUT2D eigenvalue weighted by atomic mass is 10.0. The Kier molecular flexibility index (Phi) is 3.49. The van der Waals surface area contributed by atoms with E-state index < -0.39 is 9.84 Å². The SMILES string of the molecule is CC1=Cc2cc(F)ccc2/C1=C/c1ccc(S(C)(=O)=O)cc1. The first kappa shape index (κ1) is 14.7. The first-order chi connectivity index (χ1) is 10.3. The summed E-state index contributed by atoms with van der Waals surface area (Å²) in [6.45, 7) is 1.98. The maximum atomic E-state index is 13.3. The molecule has 4 heteroatoms. The Balaban J connectivity index is 2.02. The van der Waals surface area contributed by atoms with Crippen LogP contribution in [0.2, 0.25) is 0 Å². The van der Waals surface area contributed by atoms with Crippen LogP contribution in [0.1, 0.15) is 23.6 Å². The number of halogens is 1. The summed E-state index contributed by atoms with van der Waals surface area (Å²) < 4.78 is 36.2. The minimum absolute atomic E-state index is 0.249. The third-order valence-electron chi connectivity index (χ3n) is 3.72. The molecule has 0 saturated heterocycles. The van der Waals surface area contributed by atoms with Gasteiger partial charge in [-0.25, -0.2) is 12.8 Å². The fraction of sp³-hybridized carbons (Fsp3) is 0.111. The monoisotopic (exact) mass is 314 g/mol. The molecule has 0 bridgehead atoms. The maximum Gasteiger partial charge on any atom is 0.175 e. The highest BCUT2D eigenvalue weighted by molar-refractivity contribution is 7.90. The van der Waals surface area contributed by atoms with E-state index in [2.05, 4.69) is 0 Å². The van der Waals surface area contributed by atoms with Crippen molar-refractivity contribution in [1.29, 1.82) is 0 Å². The molecule has 0 atom stereocenters. The first-order valence-electron chi connectivity index (χ1n) is 6.85. The number of sulfone groups is 1. The van der Waals surface area contributed by atoms with E-state index in [1.807, 2.05) is 19.1 Å². The largest absolute Gasteiger partial charge is 0.224 e. The van der Waals surface area contributed by atoms with Gasteiger partial charge in [0.15, 0.2) is 9.84 Å². The topological polar surface area (TPSA) is 34.1 Å². The normalized spacial score (nSPS) is 15.8. The van der Waals surface area contributed by atoms with Gasteiger partial charge in [-0.3, -0.25) is 0 Å². The summed E-state index contributed by atoms with van der Waals surface area (Å²) in [5.41, 5.74) is 4.87. The second-order valence-corrected chi connectivity index (χ2v) is 7.47. The lowest BCUT2D eigenvalue weighted by Gasteiger charge is -2.05. The number of allylic oxidation sites excluding steroid dienone is 2. The van der Waals surface area contributed by atoms with E-state index in [4.69, 9.17) is 0 Å². The lowest BCUT2D eigenvalue weighted by Crippen LogP contribution is -1.96. The molecule has 0 aliphatic heterocycles. The van der Waals surface area contributed by atoms with Crippen molar-refractivity contribution in [3.8, 4) is 0 Å². The van der Waals surface area contributed by atoms with Crippen LogP contribution < -0.4 is 0 Å². The molecule has 0 amide bonds. The van der Waals surface area contributed by atoms with Crippen LogP contribution in [0.5, 0.6) is 0 Å². The van der Waals surface area contributed by atoms with Gasteiger partial charge in [0.25, 0.3) is 0 Å². The first-order valence-corrected chi connectivity index (χ1v) is 8.74. The molecule has 112 valence electrons. The minimum atomic E-state index is -3.18. The highest BCUT2D eigenvalue weighted by Crippen LogP contribution is 2.36. The van der Waals surface area contributed by atoms with Crippen LogP contribution in [-0.4, -0.2) is 14.7 Å². The van der Waals surface area contributed by atoms with Gasteiger partial charge in [-0.2, -0.15) is 0 Å². The van der Waals surface area contributed by atoms with E-state index in [-0.39, 0.29) is 5.82 Å². The molecule has 0 aromatic heterocycles. The molecule has 0 N–H and O–H groups in total. The molecule has 0 fully saturated rings. The maximum absolute atomic E-state index is 13.3. The Morgan fingerprint density at radius 1 is 1.05 bits per heavy atom. The van der Waals surface area contributed by atoms with Crippen molar-refractivity contribution in [3.63, 3.8) is 0 Å². The fourth-order valence-electron chi connectivity index (χ4n) is 2.59. The van der Waals surface area contributed by atoms with Crippen LogP contribution in [0.25, 0.3) is 17.7 Å². The summed E-state index contributed by atoms with van der Waals surface area (Å²) in [7, 11) is -3.18. The summed E-state index contributed by atoms with van der Waals surface area (Å²) in [5, 5.41) is 0. The van der Waals surface area contributed by atoms with Gasteiger partial charge in [0.05, 0.1) is 4.90 Å². The molecule has 22 heavy (non-hydrogen) atoms. The molecular weight excluding hydrogens is 299 g/mol. The van der Waals surface area contributed by atoms with Crippen molar-refractivity contribution < 1.29 is 12.8 Å². The summed E-state index contributed by atoms with van der Waals surface area (Å²) in [4.78, 5) is 0.302. The Bertz CT molecular complexity index is 905. The average molecular weight is 314 g/mol. The van der Waals surface area contributed by atoms with Crippen molar-refractivity contribution in [1.82, 2.24) is 0 Å². The van der Waals surface area contributed by atoms with Crippen molar-refractivity contribution in [2.45, 2.75) is 11.8 Å². The average Bonchev–Trinajstić information content (AvgIpc) is 2.74. The van der Waals surface area contributed by atoms with Crippen LogP contribution >= 0.6 is 0 Å². The third-order valence-corrected chi connectivity index (χ3v) is 4.85. The molecule has 0 spiro atoms. The number of fused-ring (bicyclic) bond motifs is 1. The second kappa shape index (κ2) is 5.21. The third kappa shape index (κ3) is 2.74. The van der Waals surface area contributed by atoms with Crippen LogP contribution in [0.3, 0.4) is 0 Å². The van der Waals surface area contributed by atoms with Gasteiger partial charge >= 0.3 is 0 Å². The molecule has 2 aromatic rings. The van der Waals surface area contributed by atoms with Gasteiger partial charge in [0, 0.05) is 6.26 Å². The zero-order chi connectivity index (χ0) is 15.9. The number of hydrogen-bond donors (Lipinski definition) is 0. The van der Waals surface area contributed by atoms with Gasteiger partial charge in [0.1, 0.15) is 5.82 Å². The van der Waals surface area contributed by atoms with Crippen LogP contribution in [0.4, 0.5) is 4.39 Å². The van der Waals surface area contributed by atoms with Crippen LogP contribution in [0.15, 0.2) is 52.9 Å². The van der Waals surface area contributed by atoms with Gasteiger partial charge in [-0.1, -0.05) is 24.3 Å². The fourth-order valence-corrected chi connectivity index (χ4v) is 3.22. The summed E-state index contributed by atoms with van der Waals surface area (Å²) in [5.74, 6) is -0.249. The zero-order valence-electron chi connectivity index (χ0n) is 12.3. The van der Waals surface area contributed by atoms with E-state index in [9.17, 15) is 12.8 Å². The number of benzene rings is 2. The highest BCUT2D eigenvalue weighted by atomic mass is 32.2.